The molecule has 106 valence electrons. The Hall–Kier alpha value is -1.60. The molecule has 0 fully saturated rings. The standard InChI is InChI=1S/C12H20N4O2S/c1-9(2)16(3)19(17,18)15-11-6-4-10(5-7-11)8-12(13)14/h4-7,9,15H,8H2,1-3H3,(H3,13,14). The summed E-state index contributed by atoms with van der Waals surface area (Å²) in [6.07, 6.45) is 0.360. The van der Waals surface area contributed by atoms with Gasteiger partial charge in [0.1, 0.15) is 0 Å². The Bertz CT molecular complexity index is 537. The van der Waals surface area contributed by atoms with Crippen LogP contribution < -0.4 is 10.5 Å². The van der Waals surface area contributed by atoms with Crippen molar-refractivity contribution in [3.63, 3.8) is 0 Å². The summed E-state index contributed by atoms with van der Waals surface area (Å²) in [5.74, 6) is 0.0767. The number of rotatable bonds is 6. The third-order valence-corrected chi connectivity index (χ3v) is 4.38. The summed E-state index contributed by atoms with van der Waals surface area (Å²) in [6, 6.07) is 6.69. The maximum Gasteiger partial charge on any atom is 0.301 e. The van der Waals surface area contributed by atoms with E-state index >= 15 is 0 Å². The fraction of sp³-hybridized carbons (Fsp3) is 0.417. The minimum Gasteiger partial charge on any atom is -0.387 e. The Morgan fingerprint density at radius 3 is 2.32 bits per heavy atom. The SMILES string of the molecule is CC(C)N(C)S(=O)(=O)Nc1ccc(CC(=N)N)cc1. The van der Waals surface area contributed by atoms with Gasteiger partial charge in [-0.1, -0.05) is 12.1 Å². The van der Waals surface area contributed by atoms with E-state index in [-0.39, 0.29) is 11.9 Å². The molecular weight excluding hydrogens is 264 g/mol. The van der Waals surface area contributed by atoms with E-state index in [0.29, 0.717) is 12.1 Å². The van der Waals surface area contributed by atoms with Crippen LogP contribution in [0.3, 0.4) is 0 Å². The molecule has 1 aromatic rings. The molecule has 7 heteroatoms. The molecule has 1 rings (SSSR count). The summed E-state index contributed by atoms with van der Waals surface area (Å²) < 4.78 is 27.7. The zero-order valence-corrected chi connectivity index (χ0v) is 12.2. The van der Waals surface area contributed by atoms with Crippen LogP contribution in [0.2, 0.25) is 0 Å². The lowest BCUT2D eigenvalue weighted by atomic mass is 10.1. The third-order valence-electron chi connectivity index (χ3n) is 2.70. The van der Waals surface area contributed by atoms with E-state index in [9.17, 15) is 8.42 Å². The van der Waals surface area contributed by atoms with Crippen LogP contribution in [0.15, 0.2) is 24.3 Å². The number of hydrogen-bond donors (Lipinski definition) is 3. The van der Waals surface area contributed by atoms with Gasteiger partial charge in [-0.2, -0.15) is 12.7 Å². The van der Waals surface area contributed by atoms with Crippen LogP contribution in [0, 0.1) is 5.41 Å². The Kier molecular flexibility index (Phi) is 4.90. The van der Waals surface area contributed by atoms with Gasteiger partial charge in [0.2, 0.25) is 0 Å². The van der Waals surface area contributed by atoms with Crippen LogP contribution in [-0.4, -0.2) is 31.6 Å². The van der Waals surface area contributed by atoms with Gasteiger partial charge in [0.05, 0.1) is 5.84 Å². The Morgan fingerprint density at radius 1 is 1.37 bits per heavy atom. The van der Waals surface area contributed by atoms with Crippen LogP contribution in [-0.2, 0) is 16.6 Å². The smallest absolute Gasteiger partial charge is 0.301 e. The Morgan fingerprint density at radius 2 is 1.89 bits per heavy atom. The molecule has 0 saturated carbocycles. The van der Waals surface area contributed by atoms with Crippen molar-refractivity contribution in [3.05, 3.63) is 29.8 Å². The molecule has 0 heterocycles. The van der Waals surface area contributed by atoms with Gasteiger partial charge in [0.25, 0.3) is 0 Å². The molecule has 0 bridgehead atoms. The number of hydrogen-bond acceptors (Lipinski definition) is 3. The van der Waals surface area contributed by atoms with Gasteiger partial charge in [0.15, 0.2) is 0 Å². The molecule has 0 unspecified atom stereocenters. The lowest BCUT2D eigenvalue weighted by Gasteiger charge is -2.21. The summed E-state index contributed by atoms with van der Waals surface area (Å²) in [7, 11) is -2.01. The predicted octanol–water partition coefficient (Wildman–Crippen LogP) is 1.16. The van der Waals surface area contributed by atoms with Crippen molar-refractivity contribution >= 4 is 21.7 Å². The maximum absolute atomic E-state index is 12.0. The van der Waals surface area contributed by atoms with E-state index in [1.807, 2.05) is 0 Å². The summed E-state index contributed by atoms with van der Waals surface area (Å²) in [4.78, 5) is 0. The Labute approximate surface area is 114 Å². The summed E-state index contributed by atoms with van der Waals surface area (Å²) in [6.45, 7) is 3.60. The molecule has 0 aliphatic heterocycles. The molecule has 0 amide bonds. The summed E-state index contributed by atoms with van der Waals surface area (Å²) in [5.41, 5.74) is 6.66. The van der Waals surface area contributed by atoms with Crippen LogP contribution in [0.25, 0.3) is 0 Å². The number of nitrogens with one attached hydrogen (secondary N) is 2. The van der Waals surface area contributed by atoms with Crippen molar-refractivity contribution in [2.24, 2.45) is 5.73 Å². The summed E-state index contributed by atoms with van der Waals surface area (Å²) in [5, 5.41) is 7.19. The molecule has 19 heavy (non-hydrogen) atoms. The normalized spacial score (nSPS) is 11.8. The van der Waals surface area contributed by atoms with E-state index in [2.05, 4.69) is 4.72 Å². The minimum atomic E-state index is -3.53. The lowest BCUT2D eigenvalue weighted by Crippen LogP contribution is -2.37. The largest absolute Gasteiger partial charge is 0.387 e. The molecule has 1 aromatic carbocycles. The van der Waals surface area contributed by atoms with Crippen LogP contribution in [0.1, 0.15) is 19.4 Å². The first-order valence-electron chi connectivity index (χ1n) is 5.90. The van der Waals surface area contributed by atoms with Crippen molar-refractivity contribution in [1.82, 2.24) is 4.31 Å². The fourth-order valence-corrected chi connectivity index (χ4v) is 2.54. The molecule has 0 radical (unpaired) electrons. The highest BCUT2D eigenvalue weighted by atomic mass is 32.2. The third kappa shape index (κ3) is 4.53. The second-order valence-electron chi connectivity index (χ2n) is 4.62. The molecule has 4 N–H and O–H groups in total. The van der Waals surface area contributed by atoms with E-state index in [1.165, 1.54) is 11.4 Å². The average Bonchev–Trinajstić information content (AvgIpc) is 2.29. The van der Waals surface area contributed by atoms with Gasteiger partial charge in [-0.3, -0.25) is 10.1 Å². The van der Waals surface area contributed by atoms with Crippen molar-refractivity contribution in [2.45, 2.75) is 26.3 Å². The highest BCUT2D eigenvalue weighted by Crippen LogP contribution is 2.14. The minimum absolute atomic E-state index is 0.0767. The second kappa shape index (κ2) is 6.03. The average molecular weight is 284 g/mol. The number of nitrogens with zero attached hydrogens (tertiary/aromatic N) is 1. The second-order valence-corrected chi connectivity index (χ2v) is 6.35. The van der Waals surface area contributed by atoms with Crippen LogP contribution in [0.4, 0.5) is 5.69 Å². The van der Waals surface area contributed by atoms with E-state index < -0.39 is 10.2 Å². The van der Waals surface area contributed by atoms with Crippen molar-refractivity contribution in [2.75, 3.05) is 11.8 Å². The zero-order chi connectivity index (χ0) is 14.6. The van der Waals surface area contributed by atoms with Crippen LogP contribution in [0.5, 0.6) is 0 Å². The summed E-state index contributed by atoms with van der Waals surface area (Å²) >= 11 is 0. The van der Waals surface area contributed by atoms with Crippen molar-refractivity contribution in [1.29, 1.82) is 5.41 Å². The highest BCUT2D eigenvalue weighted by Gasteiger charge is 2.19. The lowest BCUT2D eigenvalue weighted by molar-refractivity contribution is 0.414. The fourth-order valence-electron chi connectivity index (χ4n) is 1.41. The first-order valence-corrected chi connectivity index (χ1v) is 7.34. The van der Waals surface area contributed by atoms with E-state index in [4.69, 9.17) is 11.1 Å². The van der Waals surface area contributed by atoms with Gasteiger partial charge < -0.3 is 5.73 Å². The topological polar surface area (TPSA) is 99.3 Å². The van der Waals surface area contributed by atoms with Gasteiger partial charge in [0, 0.05) is 25.2 Å². The molecule has 6 nitrogen and oxygen atoms in total. The zero-order valence-electron chi connectivity index (χ0n) is 11.3. The highest BCUT2D eigenvalue weighted by molar-refractivity contribution is 7.90. The van der Waals surface area contributed by atoms with Gasteiger partial charge >= 0.3 is 10.2 Å². The number of benzene rings is 1. The molecular formula is C12H20N4O2S. The molecule has 0 atom stereocenters. The first-order chi connectivity index (χ1) is 8.72. The maximum atomic E-state index is 12.0. The van der Waals surface area contributed by atoms with Gasteiger partial charge in [-0.25, -0.2) is 0 Å². The number of amidine groups is 1. The van der Waals surface area contributed by atoms with Crippen molar-refractivity contribution < 1.29 is 8.42 Å². The predicted molar refractivity (Wildman–Crippen MR) is 77.5 cm³/mol. The molecule has 0 aliphatic rings. The van der Waals surface area contributed by atoms with E-state index in [1.54, 1.807) is 38.1 Å². The van der Waals surface area contributed by atoms with Crippen molar-refractivity contribution in [3.8, 4) is 0 Å². The van der Waals surface area contributed by atoms with E-state index in [0.717, 1.165) is 5.56 Å². The number of anilines is 1. The Balaban J connectivity index is 2.81. The van der Waals surface area contributed by atoms with Gasteiger partial charge in [-0.15, -0.1) is 0 Å². The molecule has 0 aromatic heterocycles. The quantitative estimate of drug-likeness (QED) is 0.540. The molecule has 0 saturated heterocycles. The monoisotopic (exact) mass is 284 g/mol. The molecule has 0 aliphatic carbocycles. The first kappa shape index (κ1) is 15.5. The number of nitrogens with two attached hydrogens (primary N) is 1. The van der Waals surface area contributed by atoms with Crippen LogP contribution >= 0.6 is 0 Å². The molecule has 0 spiro atoms. The van der Waals surface area contributed by atoms with Gasteiger partial charge in [-0.05, 0) is 31.5 Å².